The Morgan fingerprint density at radius 1 is 1.24 bits per heavy atom. The summed E-state index contributed by atoms with van der Waals surface area (Å²) in [4.78, 5) is 14.6. The zero-order valence-electron chi connectivity index (χ0n) is 8.74. The van der Waals surface area contributed by atoms with Crippen molar-refractivity contribution >= 4 is 5.97 Å². The molecule has 1 aromatic carbocycles. The van der Waals surface area contributed by atoms with Crippen molar-refractivity contribution in [2.24, 2.45) is 0 Å². The Labute approximate surface area is 96.6 Å². The Kier molecular flexibility index (Phi) is 2.95. The smallest absolute Gasteiger partial charge is 0.311 e. The molecule has 2 rings (SSSR count). The van der Waals surface area contributed by atoms with Crippen LogP contribution < -0.4 is 0 Å². The molecule has 6 heteroatoms. The van der Waals surface area contributed by atoms with Crippen LogP contribution in [0, 0.1) is 0 Å². The maximum atomic E-state index is 10.5. The zero-order chi connectivity index (χ0) is 12.3. The summed E-state index contributed by atoms with van der Waals surface area (Å²) in [5, 5.41) is 25.1. The molecule has 0 spiro atoms. The van der Waals surface area contributed by atoms with E-state index < -0.39 is 5.97 Å². The Balaban J connectivity index is 2.32. The molecule has 0 bridgehead atoms. The summed E-state index contributed by atoms with van der Waals surface area (Å²) in [6.45, 7) is 0. The molecule has 2 aromatic rings. The number of phenolic OH excluding ortho intramolecular Hbond substituents is 1. The first kappa shape index (κ1) is 11.0. The summed E-state index contributed by atoms with van der Waals surface area (Å²) < 4.78 is 0. The normalized spacial score (nSPS) is 10.1. The third-order valence-corrected chi connectivity index (χ3v) is 2.08. The fraction of sp³-hybridized carbons (Fsp3) is 0.0909. The molecule has 1 heterocycles. The van der Waals surface area contributed by atoms with E-state index in [1.807, 2.05) is 0 Å². The van der Waals surface area contributed by atoms with Gasteiger partial charge >= 0.3 is 5.97 Å². The number of aliphatic carboxylic acids is 1. The van der Waals surface area contributed by atoms with Crippen LogP contribution >= 0.6 is 0 Å². The summed E-state index contributed by atoms with van der Waals surface area (Å²) in [6, 6.07) is 6.39. The minimum atomic E-state index is -1.00. The van der Waals surface area contributed by atoms with Gasteiger partial charge in [0.15, 0.2) is 5.82 Å². The summed E-state index contributed by atoms with van der Waals surface area (Å²) >= 11 is 0. The molecule has 1 aromatic heterocycles. The first-order chi connectivity index (χ1) is 8.15. The molecule has 2 N–H and O–H groups in total. The van der Waals surface area contributed by atoms with Gasteiger partial charge in [-0.1, -0.05) is 0 Å². The van der Waals surface area contributed by atoms with Gasteiger partial charge in [-0.2, -0.15) is 5.10 Å². The van der Waals surface area contributed by atoms with Crippen LogP contribution in [-0.4, -0.2) is 31.4 Å². The van der Waals surface area contributed by atoms with Crippen molar-refractivity contribution in [3.8, 4) is 17.0 Å². The van der Waals surface area contributed by atoms with E-state index in [1.54, 1.807) is 12.1 Å². The van der Waals surface area contributed by atoms with Gasteiger partial charge in [0.25, 0.3) is 0 Å². The largest absolute Gasteiger partial charge is 0.508 e. The molecule has 17 heavy (non-hydrogen) atoms. The van der Waals surface area contributed by atoms with Gasteiger partial charge in [0.05, 0.1) is 11.9 Å². The molecule has 0 aliphatic carbocycles. The topological polar surface area (TPSA) is 96.2 Å². The van der Waals surface area contributed by atoms with Crippen LogP contribution in [0.1, 0.15) is 5.82 Å². The second-order valence-electron chi connectivity index (χ2n) is 3.38. The van der Waals surface area contributed by atoms with E-state index in [0.717, 1.165) is 5.56 Å². The van der Waals surface area contributed by atoms with E-state index >= 15 is 0 Å². The number of phenols is 1. The molecule has 0 aliphatic rings. The van der Waals surface area contributed by atoms with E-state index in [-0.39, 0.29) is 18.0 Å². The predicted octanol–water partition coefficient (Wildman–Crippen LogP) is 0.871. The number of benzene rings is 1. The van der Waals surface area contributed by atoms with Crippen molar-refractivity contribution in [1.82, 2.24) is 15.2 Å². The third kappa shape index (κ3) is 2.75. The number of carboxylic acids is 1. The Morgan fingerprint density at radius 2 is 1.94 bits per heavy atom. The zero-order valence-corrected chi connectivity index (χ0v) is 8.74. The average Bonchev–Trinajstić information content (AvgIpc) is 2.29. The van der Waals surface area contributed by atoms with E-state index in [4.69, 9.17) is 10.2 Å². The van der Waals surface area contributed by atoms with Crippen molar-refractivity contribution in [3.63, 3.8) is 0 Å². The quantitative estimate of drug-likeness (QED) is 0.813. The highest BCUT2D eigenvalue weighted by Gasteiger charge is 2.07. The molecular formula is C11H9N3O3. The van der Waals surface area contributed by atoms with Crippen LogP contribution in [0.3, 0.4) is 0 Å². The SMILES string of the molecule is O=C(O)Cc1nncc(-c2ccc(O)cc2)n1. The summed E-state index contributed by atoms with van der Waals surface area (Å²) in [5.74, 6) is -0.695. The van der Waals surface area contributed by atoms with Crippen molar-refractivity contribution in [2.45, 2.75) is 6.42 Å². The Bertz CT molecular complexity index is 540. The maximum absolute atomic E-state index is 10.5. The van der Waals surface area contributed by atoms with Crippen molar-refractivity contribution in [3.05, 3.63) is 36.3 Å². The van der Waals surface area contributed by atoms with Crippen molar-refractivity contribution in [2.75, 3.05) is 0 Å². The monoisotopic (exact) mass is 231 g/mol. The van der Waals surface area contributed by atoms with Gasteiger partial charge in [-0.15, -0.1) is 5.10 Å². The minimum absolute atomic E-state index is 0.154. The number of aromatic nitrogens is 3. The van der Waals surface area contributed by atoms with Gasteiger partial charge in [-0.3, -0.25) is 4.79 Å². The second kappa shape index (κ2) is 4.56. The van der Waals surface area contributed by atoms with Crippen LogP contribution in [-0.2, 0) is 11.2 Å². The predicted molar refractivity (Wildman–Crippen MR) is 58.3 cm³/mol. The minimum Gasteiger partial charge on any atom is -0.508 e. The van der Waals surface area contributed by atoms with Crippen LogP contribution in [0.15, 0.2) is 30.5 Å². The van der Waals surface area contributed by atoms with E-state index in [9.17, 15) is 4.79 Å². The Hall–Kier alpha value is -2.50. The number of carboxylic acid groups (broad SMARTS) is 1. The van der Waals surface area contributed by atoms with Gasteiger partial charge in [-0.05, 0) is 24.3 Å². The lowest BCUT2D eigenvalue weighted by molar-refractivity contribution is -0.136. The van der Waals surface area contributed by atoms with Crippen LogP contribution in [0.5, 0.6) is 5.75 Å². The van der Waals surface area contributed by atoms with Gasteiger partial charge in [-0.25, -0.2) is 4.98 Å². The highest BCUT2D eigenvalue weighted by molar-refractivity contribution is 5.69. The lowest BCUT2D eigenvalue weighted by Crippen LogP contribution is -2.06. The van der Waals surface area contributed by atoms with Crippen LogP contribution in [0.2, 0.25) is 0 Å². The fourth-order valence-electron chi connectivity index (χ4n) is 1.32. The molecule has 0 amide bonds. The molecule has 0 radical (unpaired) electrons. The number of carbonyl (C=O) groups is 1. The molecule has 0 aliphatic heterocycles. The molecule has 0 saturated heterocycles. The number of hydrogen-bond donors (Lipinski definition) is 2. The maximum Gasteiger partial charge on any atom is 0.311 e. The fourth-order valence-corrected chi connectivity index (χ4v) is 1.32. The third-order valence-electron chi connectivity index (χ3n) is 2.08. The van der Waals surface area contributed by atoms with E-state index in [0.29, 0.717) is 5.69 Å². The lowest BCUT2D eigenvalue weighted by atomic mass is 10.1. The first-order valence-electron chi connectivity index (χ1n) is 4.85. The summed E-state index contributed by atoms with van der Waals surface area (Å²) in [6.07, 6.45) is 1.18. The molecule has 0 atom stereocenters. The first-order valence-corrected chi connectivity index (χ1v) is 4.85. The van der Waals surface area contributed by atoms with Crippen LogP contribution in [0.25, 0.3) is 11.3 Å². The van der Waals surface area contributed by atoms with Crippen molar-refractivity contribution in [1.29, 1.82) is 0 Å². The highest BCUT2D eigenvalue weighted by atomic mass is 16.4. The average molecular weight is 231 g/mol. The second-order valence-corrected chi connectivity index (χ2v) is 3.38. The highest BCUT2D eigenvalue weighted by Crippen LogP contribution is 2.18. The number of hydrogen-bond acceptors (Lipinski definition) is 5. The van der Waals surface area contributed by atoms with Gasteiger partial charge in [0, 0.05) is 5.56 Å². The number of rotatable bonds is 3. The molecule has 0 fully saturated rings. The van der Waals surface area contributed by atoms with Crippen LogP contribution in [0.4, 0.5) is 0 Å². The van der Waals surface area contributed by atoms with E-state index in [2.05, 4.69) is 15.2 Å². The molecule has 6 nitrogen and oxygen atoms in total. The molecule has 0 unspecified atom stereocenters. The summed E-state index contributed by atoms with van der Waals surface area (Å²) in [5.41, 5.74) is 1.26. The van der Waals surface area contributed by atoms with Crippen molar-refractivity contribution < 1.29 is 15.0 Å². The van der Waals surface area contributed by atoms with Gasteiger partial charge in [0.1, 0.15) is 12.2 Å². The van der Waals surface area contributed by atoms with Gasteiger partial charge < -0.3 is 10.2 Å². The number of aromatic hydroxyl groups is 1. The molecular weight excluding hydrogens is 222 g/mol. The standard InChI is InChI=1S/C11H9N3O3/c15-8-3-1-7(2-4-8)9-6-12-14-10(13-9)5-11(16)17/h1-4,6,15H,5H2,(H,16,17). The molecule has 0 saturated carbocycles. The molecule has 86 valence electrons. The lowest BCUT2D eigenvalue weighted by Gasteiger charge is -2.01. The van der Waals surface area contributed by atoms with Gasteiger partial charge in [0.2, 0.25) is 0 Å². The summed E-state index contributed by atoms with van der Waals surface area (Å²) in [7, 11) is 0. The van der Waals surface area contributed by atoms with E-state index in [1.165, 1.54) is 18.3 Å². The number of nitrogens with zero attached hydrogens (tertiary/aromatic N) is 3. The Morgan fingerprint density at radius 3 is 2.59 bits per heavy atom.